The number of amides is 1. The van der Waals surface area contributed by atoms with E-state index in [-0.39, 0.29) is 29.3 Å². The monoisotopic (exact) mass is 333 g/mol. The number of carbonyl (C=O) groups excluding carboxylic acids is 1. The minimum Gasteiger partial charge on any atom is -0.506 e. The van der Waals surface area contributed by atoms with Gasteiger partial charge in [0.15, 0.2) is 5.82 Å². The fourth-order valence-electron chi connectivity index (χ4n) is 2.95. The number of halogens is 1. The van der Waals surface area contributed by atoms with Gasteiger partial charge in [0.25, 0.3) is 0 Å². The van der Waals surface area contributed by atoms with Crippen LogP contribution in [-0.2, 0) is 4.79 Å². The highest BCUT2D eigenvalue weighted by Crippen LogP contribution is 2.43. The van der Waals surface area contributed by atoms with Crippen molar-refractivity contribution in [2.75, 3.05) is 18.9 Å². The SMILES string of the molecule is CC.CN1CC(C(=O)Nc2c(O)cc(C3CC3)cc2F)CC1C#N. The molecule has 1 aliphatic heterocycles. The molecule has 3 rings (SSSR count). The van der Waals surface area contributed by atoms with Crippen LogP contribution in [-0.4, -0.2) is 35.5 Å². The number of phenols is 1. The molecule has 2 aliphatic rings. The van der Waals surface area contributed by atoms with Crippen LogP contribution in [0.2, 0.25) is 0 Å². The summed E-state index contributed by atoms with van der Waals surface area (Å²) in [5.41, 5.74) is 0.607. The van der Waals surface area contributed by atoms with Crippen LogP contribution in [0.15, 0.2) is 12.1 Å². The van der Waals surface area contributed by atoms with Gasteiger partial charge in [0.1, 0.15) is 11.4 Å². The number of nitrogens with zero attached hydrogens (tertiary/aromatic N) is 2. The van der Waals surface area contributed by atoms with Gasteiger partial charge in [-0.15, -0.1) is 0 Å². The van der Waals surface area contributed by atoms with Crippen LogP contribution >= 0.6 is 0 Å². The molecule has 0 aromatic heterocycles. The number of likely N-dealkylation sites (tertiary alicyclic amines) is 1. The van der Waals surface area contributed by atoms with Crippen LogP contribution in [0, 0.1) is 23.1 Å². The molecular weight excluding hydrogens is 309 g/mol. The number of rotatable bonds is 3. The molecule has 2 atom stereocenters. The van der Waals surface area contributed by atoms with Gasteiger partial charge in [0.05, 0.1) is 18.0 Å². The molecular formula is C18H24FN3O2. The molecule has 1 saturated carbocycles. The Hall–Kier alpha value is -2.13. The van der Waals surface area contributed by atoms with E-state index in [1.807, 2.05) is 13.8 Å². The summed E-state index contributed by atoms with van der Waals surface area (Å²) in [7, 11) is 1.78. The summed E-state index contributed by atoms with van der Waals surface area (Å²) in [6, 6.07) is 4.74. The Morgan fingerprint density at radius 1 is 1.42 bits per heavy atom. The molecule has 6 heteroatoms. The quantitative estimate of drug-likeness (QED) is 0.833. The summed E-state index contributed by atoms with van der Waals surface area (Å²) in [6.07, 6.45) is 2.43. The van der Waals surface area contributed by atoms with E-state index in [2.05, 4.69) is 11.4 Å². The van der Waals surface area contributed by atoms with Gasteiger partial charge in [-0.2, -0.15) is 5.26 Å². The summed E-state index contributed by atoms with van der Waals surface area (Å²) >= 11 is 0. The van der Waals surface area contributed by atoms with Crippen LogP contribution in [0.25, 0.3) is 0 Å². The molecule has 1 aliphatic carbocycles. The van der Waals surface area contributed by atoms with E-state index < -0.39 is 5.82 Å². The Kier molecular flexibility index (Phi) is 5.79. The van der Waals surface area contributed by atoms with Gasteiger partial charge >= 0.3 is 0 Å². The van der Waals surface area contributed by atoms with Crippen molar-refractivity contribution in [2.45, 2.75) is 45.1 Å². The first-order chi connectivity index (χ1) is 11.5. The third-order valence-corrected chi connectivity index (χ3v) is 4.46. The Labute approximate surface area is 142 Å². The molecule has 5 nitrogen and oxygen atoms in total. The van der Waals surface area contributed by atoms with E-state index in [0.29, 0.717) is 18.9 Å². The summed E-state index contributed by atoms with van der Waals surface area (Å²) in [4.78, 5) is 14.0. The van der Waals surface area contributed by atoms with Gasteiger partial charge in [0, 0.05) is 6.54 Å². The summed E-state index contributed by atoms with van der Waals surface area (Å²) in [6.45, 7) is 4.45. The van der Waals surface area contributed by atoms with Gasteiger partial charge in [0.2, 0.25) is 5.91 Å². The van der Waals surface area contributed by atoms with Crippen molar-refractivity contribution in [3.8, 4) is 11.8 Å². The lowest BCUT2D eigenvalue weighted by atomic mass is 10.0. The lowest BCUT2D eigenvalue weighted by molar-refractivity contribution is -0.119. The van der Waals surface area contributed by atoms with E-state index in [0.717, 1.165) is 18.4 Å². The maximum absolute atomic E-state index is 14.1. The molecule has 130 valence electrons. The molecule has 2 fully saturated rings. The summed E-state index contributed by atoms with van der Waals surface area (Å²) in [5.74, 6) is -1.27. The van der Waals surface area contributed by atoms with Gasteiger partial charge < -0.3 is 10.4 Å². The van der Waals surface area contributed by atoms with Crippen molar-refractivity contribution >= 4 is 11.6 Å². The first kappa shape index (κ1) is 18.2. The van der Waals surface area contributed by atoms with Crippen LogP contribution in [0.1, 0.15) is 44.6 Å². The number of benzene rings is 1. The van der Waals surface area contributed by atoms with Crippen molar-refractivity contribution in [3.05, 3.63) is 23.5 Å². The minimum atomic E-state index is -0.613. The molecule has 0 spiro atoms. The van der Waals surface area contributed by atoms with Crippen molar-refractivity contribution in [1.82, 2.24) is 4.90 Å². The van der Waals surface area contributed by atoms with E-state index in [1.165, 1.54) is 12.1 Å². The zero-order valence-electron chi connectivity index (χ0n) is 14.3. The van der Waals surface area contributed by atoms with Crippen LogP contribution in [0.3, 0.4) is 0 Å². The van der Waals surface area contributed by atoms with E-state index >= 15 is 0 Å². The summed E-state index contributed by atoms with van der Waals surface area (Å²) in [5, 5.41) is 21.4. The Bertz CT molecular complexity index is 629. The number of nitriles is 1. The second-order valence-electron chi connectivity index (χ2n) is 6.18. The molecule has 24 heavy (non-hydrogen) atoms. The topological polar surface area (TPSA) is 76.4 Å². The van der Waals surface area contributed by atoms with Crippen LogP contribution < -0.4 is 5.32 Å². The number of phenolic OH excluding ortho intramolecular Hbond substituents is 1. The smallest absolute Gasteiger partial charge is 0.229 e. The van der Waals surface area contributed by atoms with Crippen LogP contribution in [0.4, 0.5) is 10.1 Å². The molecule has 1 saturated heterocycles. The molecule has 0 bridgehead atoms. The zero-order valence-corrected chi connectivity index (χ0v) is 14.3. The van der Waals surface area contributed by atoms with Crippen molar-refractivity contribution < 1.29 is 14.3 Å². The largest absolute Gasteiger partial charge is 0.506 e. The highest BCUT2D eigenvalue weighted by Gasteiger charge is 2.34. The third-order valence-electron chi connectivity index (χ3n) is 4.46. The first-order valence-corrected chi connectivity index (χ1v) is 8.42. The number of hydrogen-bond acceptors (Lipinski definition) is 4. The van der Waals surface area contributed by atoms with E-state index in [9.17, 15) is 14.3 Å². The maximum Gasteiger partial charge on any atom is 0.229 e. The van der Waals surface area contributed by atoms with Crippen LogP contribution in [0.5, 0.6) is 5.75 Å². The number of aromatic hydroxyl groups is 1. The Morgan fingerprint density at radius 3 is 2.58 bits per heavy atom. The fraction of sp³-hybridized carbons (Fsp3) is 0.556. The second-order valence-corrected chi connectivity index (χ2v) is 6.18. The lowest BCUT2D eigenvalue weighted by Gasteiger charge is -2.14. The number of carbonyl (C=O) groups is 1. The minimum absolute atomic E-state index is 0.169. The number of nitrogens with one attached hydrogen (secondary N) is 1. The number of hydrogen-bond donors (Lipinski definition) is 2. The van der Waals surface area contributed by atoms with Gasteiger partial charge in [-0.05, 0) is 49.9 Å². The van der Waals surface area contributed by atoms with Crippen molar-refractivity contribution in [2.24, 2.45) is 5.92 Å². The van der Waals surface area contributed by atoms with E-state index in [4.69, 9.17) is 5.26 Å². The van der Waals surface area contributed by atoms with Crippen molar-refractivity contribution in [3.63, 3.8) is 0 Å². The molecule has 2 unspecified atom stereocenters. The predicted molar refractivity (Wildman–Crippen MR) is 90.2 cm³/mol. The zero-order chi connectivity index (χ0) is 17.9. The Balaban J connectivity index is 0.00000100. The molecule has 1 heterocycles. The highest BCUT2D eigenvalue weighted by molar-refractivity contribution is 5.94. The normalized spacial score (nSPS) is 23.1. The predicted octanol–water partition coefficient (Wildman–Crippen LogP) is 3.22. The van der Waals surface area contributed by atoms with E-state index in [1.54, 1.807) is 11.9 Å². The average molecular weight is 333 g/mol. The van der Waals surface area contributed by atoms with Gasteiger partial charge in [-0.25, -0.2) is 4.39 Å². The maximum atomic E-state index is 14.1. The second kappa shape index (κ2) is 7.63. The molecule has 2 N–H and O–H groups in total. The standard InChI is InChI=1S/C16H18FN3O2.C2H6/c1-20-8-11(4-12(20)7-18)16(22)19-15-13(17)5-10(6-14(15)21)9-2-3-9;1-2/h5-6,9,11-12,21H,2-4,8H2,1H3,(H,19,22);1-2H3. The molecule has 1 amide bonds. The molecule has 1 aromatic carbocycles. The van der Waals surface area contributed by atoms with Crippen molar-refractivity contribution in [1.29, 1.82) is 5.26 Å². The highest BCUT2D eigenvalue weighted by atomic mass is 19.1. The average Bonchev–Trinajstić information content (AvgIpc) is 3.35. The number of anilines is 1. The molecule has 0 radical (unpaired) electrons. The third kappa shape index (κ3) is 3.85. The Morgan fingerprint density at radius 2 is 2.08 bits per heavy atom. The van der Waals surface area contributed by atoms with Gasteiger partial charge in [-0.3, -0.25) is 9.69 Å². The summed E-state index contributed by atoms with van der Waals surface area (Å²) < 4.78 is 14.1. The fourth-order valence-corrected chi connectivity index (χ4v) is 2.95. The first-order valence-electron chi connectivity index (χ1n) is 8.42. The lowest BCUT2D eigenvalue weighted by Crippen LogP contribution is -2.26. The van der Waals surface area contributed by atoms with Gasteiger partial charge in [-0.1, -0.05) is 13.8 Å². The molecule has 1 aromatic rings.